The molecule has 0 radical (unpaired) electrons. The third-order valence-corrected chi connectivity index (χ3v) is 1.69. The van der Waals surface area contributed by atoms with E-state index in [1.807, 2.05) is 24.3 Å². The number of carbonyl (C=O) groups is 1. The van der Waals surface area contributed by atoms with Crippen molar-refractivity contribution in [2.24, 2.45) is 0 Å². The standard InChI is InChI=1S/C11H12O3/c1-13-14-9-11-6-4-10(5-7-11)3-2-8-12/h2-8H,9H2,1H3/b3-2+. The Balaban J connectivity index is 2.59. The number of aldehydes is 1. The van der Waals surface area contributed by atoms with E-state index in [9.17, 15) is 4.79 Å². The van der Waals surface area contributed by atoms with Crippen LogP contribution < -0.4 is 0 Å². The van der Waals surface area contributed by atoms with E-state index in [2.05, 4.69) is 4.89 Å². The molecular weight excluding hydrogens is 180 g/mol. The fourth-order valence-corrected chi connectivity index (χ4v) is 1.00. The van der Waals surface area contributed by atoms with Gasteiger partial charge in [-0.05, 0) is 17.2 Å². The van der Waals surface area contributed by atoms with Gasteiger partial charge in [-0.25, -0.2) is 9.78 Å². The van der Waals surface area contributed by atoms with Gasteiger partial charge in [-0.3, -0.25) is 4.79 Å². The van der Waals surface area contributed by atoms with Crippen molar-refractivity contribution < 1.29 is 14.6 Å². The second-order valence-electron chi connectivity index (χ2n) is 2.67. The van der Waals surface area contributed by atoms with Gasteiger partial charge in [0.1, 0.15) is 12.9 Å². The normalized spacial score (nSPS) is 10.6. The minimum absolute atomic E-state index is 0.425. The van der Waals surface area contributed by atoms with Crippen LogP contribution in [0.2, 0.25) is 0 Å². The van der Waals surface area contributed by atoms with Gasteiger partial charge in [0.05, 0.1) is 7.11 Å². The van der Waals surface area contributed by atoms with E-state index in [4.69, 9.17) is 4.89 Å². The van der Waals surface area contributed by atoms with Crippen LogP contribution in [0.4, 0.5) is 0 Å². The maximum atomic E-state index is 10.1. The molecule has 1 rings (SSSR count). The third kappa shape index (κ3) is 3.51. The Hall–Kier alpha value is -1.45. The van der Waals surface area contributed by atoms with Gasteiger partial charge >= 0.3 is 0 Å². The number of hydrogen-bond acceptors (Lipinski definition) is 3. The summed E-state index contributed by atoms with van der Waals surface area (Å²) in [5.41, 5.74) is 2.01. The predicted octanol–water partition coefficient (Wildman–Crippen LogP) is 1.98. The van der Waals surface area contributed by atoms with Gasteiger partial charge in [-0.2, -0.15) is 0 Å². The number of hydrogen-bond donors (Lipinski definition) is 0. The van der Waals surface area contributed by atoms with Crippen LogP contribution in [-0.4, -0.2) is 13.4 Å². The monoisotopic (exact) mass is 192 g/mol. The molecule has 0 spiro atoms. The molecule has 3 heteroatoms. The first kappa shape index (κ1) is 10.6. The zero-order valence-corrected chi connectivity index (χ0v) is 7.97. The van der Waals surface area contributed by atoms with Crippen molar-refractivity contribution in [1.82, 2.24) is 0 Å². The van der Waals surface area contributed by atoms with E-state index in [-0.39, 0.29) is 0 Å². The first-order valence-electron chi connectivity index (χ1n) is 4.23. The minimum atomic E-state index is 0.425. The molecule has 1 aromatic rings. The highest BCUT2D eigenvalue weighted by Crippen LogP contribution is 2.06. The highest BCUT2D eigenvalue weighted by Gasteiger charge is 1.92. The van der Waals surface area contributed by atoms with Crippen molar-refractivity contribution >= 4 is 12.4 Å². The van der Waals surface area contributed by atoms with E-state index in [1.165, 1.54) is 13.2 Å². The molecule has 14 heavy (non-hydrogen) atoms. The highest BCUT2D eigenvalue weighted by atomic mass is 17.2. The van der Waals surface area contributed by atoms with Crippen LogP contribution >= 0.6 is 0 Å². The number of carbonyl (C=O) groups excluding carboxylic acids is 1. The fourth-order valence-electron chi connectivity index (χ4n) is 1.00. The van der Waals surface area contributed by atoms with Crippen LogP contribution in [0.15, 0.2) is 30.3 Å². The van der Waals surface area contributed by atoms with Crippen molar-refractivity contribution in [2.45, 2.75) is 6.61 Å². The van der Waals surface area contributed by atoms with Crippen molar-refractivity contribution in [3.8, 4) is 0 Å². The minimum Gasteiger partial charge on any atom is -0.299 e. The topological polar surface area (TPSA) is 35.5 Å². The highest BCUT2D eigenvalue weighted by molar-refractivity contribution is 5.73. The Morgan fingerprint density at radius 1 is 1.29 bits per heavy atom. The molecule has 0 aliphatic heterocycles. The van der Waals surface area contributed by atoms with Crippen LogP contribution in [0.3, 0.4) is 0 Å². The van der Waals surface area contributed by atoms with Gasteiger partial charge in [-0.15, -0.1) is 0 Å². The predicted molar refractivity (Wildman–Crippen MR) is 53.3 cm³/mol. The lowest BCUT2D eigenvalue weighted by atomic mass is 10.1. The Labute approximate surface area is 82.9 Å². The summed E-state index contributed by atoms with van der Waals surface area (Å²) in [6.45, 7) is 0.425. The van der Waals surface area contributed by atoms with E-state index in [0.717, 1.165) is 17.4 Å². The molecule has 0 amide bonds. The lowest BCUT2D eigenvalue weighted by Gasteiger charge is -2.00. The molecule has 0 aromatic heterocycles. The summed E-state index contributed by atoms with van der Waals surface area (Å²) in [7, 11) is 1.47. The van der Waals surface area contributed by atoms with Gasteiger partial charge in [0.2, 0.25) is 0 Å². The van der Waals surface area contributed by atoms with Crippen molar-refractivity contribution in [3.05, 3.63) is 41.5 Å². The third-order valence-electron chi connectivity index (χ3n) is 1.69. The Morgan fingerprint density at radius 2 is 2.00 bits per heavy atom. The molecule has 0 N–H and O–H groups in total. The van der Waals surface area contributed by atoms with E-state index in [1.54, 1.807) is 6.08 Å². The maximum absolute atomic E-state index is 10.1. The summed E-state index contributed by atoms with van der Waals surface area (Å²) < 4.78 is 0. The smallest absolute Gasteiger partial charge is 0.142 e. The average Bonchev–Trinajstić information content (AvgIpc) is 2.25. The van der Waals surface area contributed by atoms with Gasteiger partial charge in [0.25, 0.3) is 0 Å². The molecule has 0 heterocycles. The Bertz CT molecular complexity index is 301. The molecule has 0 aliphatic carbocycles. The first-order valence-corrected chi connectivity index (χ1v) is 4.23. The zero-order valence-electron chi connectivity index (χ0n) is 7.97. The molecule has 0 aliphatic rings. The van der Waals surface area contributed by atoms with E-state index in [0.29, 0.717) is 6.61 Å². The molecule has 3 nitrogen and oxygen atoms in total. The molecule has 1 aromatic carbocycles. The summed E-state index contributed by atoms with van der Waals surface area (Å²) in [6.07, 6.45) is 3.95. The van der Waals surface area contributed by atoms with Crippen LogP contribution in [0.25, 0.3) is 6.08 Å². The number of rotatable bonds is 5. The second-order valence-corrected chi connectivity index (χ2v) is 2.67. The Kier molecular flexibility index (Phi) is 4.61. The zero-order chi connectivity index (χ0) is 10.2. The Morgan fingerprint density at radius 3 is 2.57 bits per heavy atom. The summed E-state index contributed by atoms with van der Waals surface area (Å²) in [5, 5.41) is 0. The quantitative estimate of drug-likeness (QED) is 0.310. The fraction of sp³-hybridized carbons (Fsp3) is 0.182. The van der Waals surface area contributed by atoms with Gasteiger partial charge in [0.15, 0.2) is 0 Å². The average molecular weight is 192 g/mol. The summed E-state index contributed by atoms with van der Waals surface area (Å²) in [6, 6.07) is 7.66. The summed E-state index contributed by atoms with van der Waals surface area (Å²) in [4.78, 5) is 19.3. The molecule has 0 saturated heterocycles. The van der Waals surface area contributed by atoms with Crippen molar-refractivity contribution in [2.75, 3.05) is 7.11 Å². The van der Waals surface area contributed by atoms with E-state index < -0.39 is 0 Å². The van der Waals surface area contributed by atoms with Gasteiger partial charge in [0, 0.05) is 0 Å². The largest absolute Gasteiger partial charge is 0.299 e. The van der Waals surface area contributed by atoms with Crippen LogP contribution in [0.1, 0.15) is 11.1 Å². The molecule has 0 unspecified atom stereocenters. The molecule has 0 atom stereocenters. The molecular formula is C11H12O3. The molecule has 0 fully saturated rings. The van der Waals surface area contributed by atoms with Crippen molar-refractivity contribution in [1.29, 1.82) is 0 Å². The molecule has 0 saturated carbocycles. The van der Waals surface area contributed by atoms with Gasteiger partial charge in [-0.1, -0.05) is 30.3 Å². The second kappa shape index (κ2) is 6.07. The van der Waals surface area contributed by atoms with Crippen molar-refractivity contribution in [3.63, 3.8) is 0 Å². The summed E-state index contributed by atoms with van der Waals surface area (Å²) >= 11 is 0. The van der Waals surface area contributed by atoms with Crippen LogP contribution in [-0.2, 0) is 21.2 Å². The van der Waals surface area contributed by atoms with Crippen LogP contribution in [0.5, 0.6) is 0 Å². The number of benzene rings is 1. The maximum Gasteiger partial charge on any atom is 0.142 e. The lowest BCUT2D eigenvalue weighted by molar-refractivity contribution is -0.282. The molecule has 74 valence electrons. The van der Waals surface area contributed by atoms with Crippen LogP contribution in [0, 0.1) is 0 Å². The first-order chi connectivity index (χ1) is 6.86. The molecule has 0 bridgehead atoms. The van der Waals surface area contributed by atoms with Gasteiger partial charge < -0.3 is 0 Å². The lowest BCUT2D eigenvalue weighted by Crippen LogP contribution is -1.90. The number of allylic oxidation sites excluding steroid dienone is 1. The SMILES string of the molecule is COOCc1ccc(/C=C/C=O)cc1. The summed E-state index contributed by atoms with van der Waals surface area (Å²) in [5.74, 6) is 0. The van der Waals surface area contributed by atoms with E-state index >= 15 is 0 Å².